The highest BCUT2D eigenvalue weighted by molar-refractivity contribution is 6.30. The number of para-hydroxylation sites is 1. The number of halogens is 1. The van der Waals surface area contributed by atoms with Gasteiger partial charge in [-0.1, -0.05) is 35.9 Å². The molecule has 82 valence electrons. The van der Waals surface area contributed by atoms with Crippen molar-refractivity contribution in [1.82, 2.24) is 0 Å². The number of anilines is 2. The van der Waals surface area contributed by atoms with Crippen molar-refractivity contribution in [2.24, 2.45) is 0 Å². The topological polar surface area (TPSA) is 32.3 Å². The van der Waals surface area contributed by atoms with Crippen molar-refractivity contribution in [2.75, 3.05) is 5.32 Å². The lowest BCUT2D eigenvalue weighted by Gasteiger charge is -2.10. The van der Waals surface area contributed by atoms with Crippen LogP contribution in [0.3, 0.4) is 0 Å². The molecule has 0 aliphatic carbocycles. The zero-order valence-electron chi connectivity index (χ0n) is 8.65. The van der Waals surface area contributed by atoms with E-state index in [9.17, 15) is 5.11 Å². The highest BCUT2D eigenvalue weighted by Gasteiger charge is 2.00. The van der Waals surface area contributed by atoms with Crippen molar-refractivity contribution in [3.63, 3.8) is 0 Å². The van der Waals surface area contributed by atoms with Crippen molar-refractivity contribution in [2.45, 2.75) is 6.61 Å². The molecule has 0 bridgehead atoms. The fourth-order valence-corrected chi connectivity index (χ4v) is 1.69. The van der Waals surface area contributed by atoms with Crippen LogP contribution in [0.25, 0.3) is 0 Å². The Balaban J connectivity index is 2.26. The minimum absolute atomic E-state index is 0.0176. The molecule has 0 aliphatic rings. The van der Waals surface area contributed by atoms with Crippen LogP contribution in [0.1, 0.15) is 5.56 Å². The molecular formula is C13H12ClNO. The van der Waals surface area contributed by atoms with Crippen LogP contribution >= 0.6 is 11.6 Å². The first-order valence-corrected chi connectivity index (χ1v) is 5.39. The Kier molecular flexibility index (Phi) is 3.44. The van der Waals surface area contributed by atoms with Gasteiger partial charge in [0.25, 0.3) is 0 Å². The molecule has 0 unspecified atom stereocenters. The average molecular weight is 234 g/mol. The molecule has 2 aromatic rings. The maximum Gasteiger partial charge on any atom is 0.0702 e. The molecule has 2 rings (SSSR count). The number of aliphatic hydroxyl groups is 1. The van der Waals surface area contributed by atoms with E-state index in [0.717, 1.165) is 16.9 Å². The normalized spacial score (nSPS) is 10.1. The second-order valence-electron chi connectivity index (χ2n) is 3.45. The summed E-state index contributed by atoms with van der Waals surface area (Å²) in [6.45, 7) is 0.0176. The first-order valence-electron chi connectivity index (χ1n) is 5.01. The van der Waals surface area contributed by atoms with Gasteiger partial charge in [-0.05, 0) is 24.3 Å². The summed E-state index contributed by atoms with van der Waals surface area (Å²) in [4.78, 5) is 0. The lowest BCUT2D eigenvalue weighted by Crippen LogP contribution is -1.95. The summed E-state index contributed by atoms with van der Waals surface area (Å²) in [5, 5.41) is 13.1. The van der Waals surface area contributed by atoms with Crippen molar-refractivity contribution in [1.29, 1.82) is 0 Å². The first-order chi connectivity index (χ1) is 7.79. The Morgan fingerprint density at radius 2 is 1.88 bits per heavy atom. The molecule has 0 amide bonds. The van der Waals surface area contributed by atoms with Gasteiger partial charge in [0.1, 0.15) is 0 Å². The van der Waals surface area contributed by atoms with Crippen LogP contribution in [-0.2, 0) is 6.61 Å². The van der Waals surface area contributed by atoms with Gasteiger partial charge >= 0.3 is 0 Å². The Hall–Kier alpha value is -1.51. The van der Waals surface area contributed by atoms with E-state index in [0.29, 0.717) is 5.02 Å². The number of hydrogen-bond acceptors (Lipinski definition) is 2. The van der Waals surface area contributed by atoms with Gasteiger partial charge in [-0.15, -0.1) is 0 Å². The van der Waals surface area contributed by atoms with E-state index < -0.39 is 0 Å². The lowest BCUT2D eigenvalue weighted by molar-refractivity contribution is 0.282. The summed E-state index contributed by atoms with van der Waals surface area (Å²) in [6, 6.07) is 15.1. The number of aliphatic hydroxyl groups excluding tert-OH is 1. The molecule has 16 heavy (non-hydrogen) atoms. The monoisotopic (exact) mass is 233 g/mol. The van der Waals surface area contributed by atoms with Gasteiger partial charge in [0.05, 0.1) is 6.61 Å². The van der Waals surface area contributed by atoms with Crippen LogP contribution in [0.2, 0.25) is 5.02 Å². The van der Waals surface area contributed by atoms with E-state index >= 15 is 0 Å². The third-order valence-electron chi connectivity index (χ3n) is 2.29. The number of rotatable bonds is 3. The maximum absolute atomic E-state index is 9.18. The lowest BCUT2D eigenvalue weighted by atomic mass is 10.2. The average Bonchev–Trinajstić information content (AvgIpc) is 2.30. The van der Waals surface area contributed by atoms with Gasteiger partial charge in [0.15, 0.2) is 0 Å². The highest BCUT2D eigenvalue weighted by atomic mass is 35.5. The second-order valence-corrected chi connectivity index (χ2v) is 3.89. The molecule has 2 N–H and O–H groups in total. The zero-order chi connectivity index (χ0) is 11.4. The smallest absolute Gasteiger partial charge is 0.0702 e. The van der Waals surface area contributed by atoms with E-state index in [1.165, 1.54) is 0 Å². The third-order valence-corrected chi connectivity index (χ3v) is 2.53. The van der Waals surface area contributed by atoms with E-state index in [1.54, 1.807) is 0 Å². The Morgan fingerprint density at radius 3 is 2.62 bits per heavy atom. The predicted octanol–water partition coefficient (Wildman–Crippen LogP) is 3.58. The molecule has 0 heterocycles. The van der Waals surface area contributed by atoms with Gasteiger partial charge in [-0.2, -0.15) is 0 Å². The summed E-state index contributed by atoms with van der Waals surface area (Å²) in [5.74, 6) is 0. The van der Waals surface area contributed by atoms with E-state index in [2.05, 4.69) is 5.32 Å². The molecular weight excluding hydrogens is 222 g/mol. The van der Waals surface area contributed by atoms with Crippen LogP contribution in [0.15, 0.2) is 48.5 Å². The molecule has 2 aromatic carbocycles. The fourth-order valence-electron chi connectivity index (χ4n) is 1.50. The Morgan fingerprint density at radius 1 is 1.06 bits per heavy atom. The highest BCUT2D eigenvalue weighted by Crippen LogP contribution is 2.22. The molecule has 0 atom stereocenters. The zero-order valence-corrected chi connectivity index (χ0v) is 9.41. The van der Waals surface area contributed by atoms with Gasteiger partial charge < -0.3 is 10.4 Å². The minimum Gasteiger partial charge on any atom is -0.392 e. The summed E-state index contributed by atoms with van der Waals surface area (Å²) >= 11 is 5.90. The Labute approximate surface area is 99.5 Å². The van der Waals surface area contributed by atoms with Crippen molar-refractivity contribution in [3.8, 4) is 0 Å². The fraction of sp³-hybridized carbons (Fsp3) is 0.0769. The van der Waals surface area contributed by atoms with Gasteiger partial charge in [0, 0.05) is 22.0 Å². The summed E-state index contributed by atoms with van der Waals surface area (Å²) < 4.78 is 0. The molecule has 0 spiro atoms. The molecule has 0 saturated carbocycles. The SMILES string of the molecule is OCc1ccccc1Nc1cccc(Cl)c1. The Bertz CT molecular complexity index is 485. The van der Waals surface area contributed by atoms with Crippen molar-refractivity contribution >= 4 is 23.0 Å². The van der Waals surface area contributed by atoms with Crippen LogP contribution in [0.5, 0.6) is 0 Å². The largest absolute Gasteiger partial charge is 0.392 e. The molecule has 0 saturated heterocycles. The van der Waals surface area contributed by atoms with Gasteiger partial charge in [-0.25, -0.2) is 0 Å². The van der Waals surface area contributed by atoms with Gasteiger partial charge in [0.2, 0.25) is 0 Å². The van der Waals surface area contributed by atoms with E-state index in [4.69, 9.17) is 11.6 Å². The maximum atomic E-state index is 9.18. The summed E-state index contributed by atoms with van der Waals surface area (Å²) in [6.07, 6.45) is 0. The molecule has 0 aromatic heterocycles. The first kappa shape index (κ1) is 11.0. The number of benzene rings is 2. The van der Waals surface area contributed by atoms with Crippen LogP contribution in [0, 0.1) is 0 Å². The van der Waals surface area contributed by atoms with Crippen molar-refractivity contribution < 1.29 is 5.11 Å². The van der Waals surface area contributed by atoms with Crippen LogP contribution < -0.4 is 5.32 Å². The third kappa shape index (κ3) is 2.54. The van der Waals surface area contributed by atoms with Crippen LogP contribution in [0.4, 0.5) is 11.4 Å². The number of nitrogens with one attached hydrogen (secondary N) is 1. The summed E-state index contributed by atoms with van der Waals surface area (Å²) in [7, 11) is 0. The second kappa shape index (κ2) is 5.01. The van der Waals surface area contributed by atoms with E-state index in [1.807, 2.05) is 48.5 Å². The summed E-state index contributed by atoms with van der Waals surface area (Å²) in [5.41, 5.74) is 2.67. The molecule has 0 aliphatic heterocycles. The standard InChI is InChI=1S/C13H12ClNO/c14-11-5-3-6-12(8-11)15-13-7-2-1-4-10(13)9-16/h1-8,15-16H,9H2. The molecule has 0 radical (unpaired) electrons. The molecule has 0 fully saturated rings. The van der Waals surface area contributed by atoms with Crippen molar-refractivity contribution in [3.05, 3.63) is 59.1 Å². The number of hydrogen-bond donors (Lipinski definition) is 2. The minimum atomic E-state index is 0.0176. The van der Waals surface area contributed by atoms with E-state index in [-0.39, 0.29) is 6.61 Å². The van der Waals surface area contributed by atoms with Crippen LogP contribution in [-0.4, -0.2) is 5.11 Å². The van der Waals surface area contributed by atoms with Gasteiger partial charge in [-0.3, -0.25) is 0 Å². The quantitative estimate of drug-likeness (QED) is 0.850. The molecule has 3 heteroatoms. The predicted molar refractivity (Wildman–Crippen MR) is 67.1 cm³/mol. The molecule has 2 nitrogen and oxygen atoms in total.